The van der Waals surface area contributed by atoms with Crippen LogP contribution < -0.4 is 0 Å². The normalized spacial score (nSPS) is 10.6. The maximum Gasteiger partial charge on any atom is 0.335 e. The summed E-state index contributed by atoms with van der Waals surface area (Å²) in [5.41, 5.74) is 3.65. The Balaban J connectivity index is 2.13. The molecular formula is C16H15ClO2S. The summed E-state index contributed by atoms with van der Waals surface area (Å²) in [5, 5.41) is 9.41. The summed E-state index contributed by atoms with van der Waals surface area (Å²) < 4.78 is 0. The highest BCUT2D eigenvalue weighted by atomic mass is 35.5. The van der Waals surface area contributed by atoms with Gasteiger partial charge in [-0.3, -0.25) is 0 Å². The van der Waals surface area contributed by atoms with Crippen LogP contribution in [0.25, 0.3) is 0 Å². The number of carbonyl (C=O) groups is 1. The van der Waals surface area contributed by atoms with Gasteiger partial charge in [0, 0.05) is 15.7 Å². The summed E-state index contributed by atoms with van der Waals surface area (Å²) in [4.78, 5) is 12.1. The summed E-state index contributed by atoms with van der Waals surface area (Å²) in [6.45, 7) is 4.16. The van der Waals surface area contributed by atoms with Crippen molar-refractivity contribution >= 4 is 29.3 Å². The Morgan fingerprint density at radius 2 is 1.95 bits per heavy atom. The lowest BCUT2D eigenvalue weighted by Gasteiger charge is -2.08. The van der Waals surface area contributed by atoms with Crippen molar-refractivity contribution in [2.45, 2.75) is 24.5 Å². The number of hydrogen-bond acceptors (Lipinski definition) is 2. The number of aryl methyl sites for hydroxylation is 2. The van der Waals surface area contributed by atoms with Crippen LogP contribution in [0.3, 0.4) is 0 Å². The van der Waals surface area contributed by atoms with E-state index in [1.54, 1.807) is 23.9 Å². The summed E-state index contributed by atoms with van der Waals surface area (Å²) in [6.07, 6.45) is 0. The van der Waals surface area contributed by atoms with Gasteiger partial charge in [0.15, 0.2) is 0 Å². The minimum Gasteiger partial charge on any atom is -0.478 e. The van der Waals surface area contributed by atoms with Crippen LogP contribution in [-0.2, 0) is 5.75 Å². The number of aromatic carboxylic acids is 1. The second-order valence-electron chi connectivity index (χ2n) is 4.67. The molecular weight excluding hydrogens is 292 g/mol. The van der Waals surface area contributed by atoms with Crippen LogP contribution in [0, 0.1) is 13.8 Å². The summed E-state index contributed by atoms with van der Waals surface area (Å²) in [6, 6.07) is 11.2. The lowest BCUT2D eigenvalue weighted by atomic mass is 10.1. The van der Waals surface area contributed by atoms with E-state index in [-0.39, 0.29) is 5.56 Å². The van der Waals surface area contributed by atoms with E-state index < -0.39 is 5.97 Å². The fourth-order valence-corrected chi connectivity index (χ4v) is 3.25. The molecule has 0 spiro atoms. The third-order valence-electron chi connectivity index (χ3n) is 3.01. The van der Waals surface area contributed by atoms with E-state index in [9.17, 15) is 4.79 Å². The quantitative estimate of drug-likeness (QED) is 0.812. The second kappa shape index (κ2) is 6.33. The molecule has 0 saturated carbocycles. The van der Waals surface area contributed by atoms with Crippen molar-refractivity contribution in [1.82, 2.24) is 0 Å². The molecule has 0 radical (unpaired) electrons. The molecule has 104 valence electrons. The van der Waals surface area contributed by atoms with Crippen molar-refractivity contribution in [3.8, 4) is 0 Å². The van der Waals surface area contributed by atoms with Crippen molar-refractivity contribution in [1.29, 1.82) is 0 Å². The Morgan fingerprint density at radius 3 is 2.55 bits per heavy atom. The zero-order chi connectivity index (χ0) is 14.7. The van der Waals surface area contributed by atoms with Crippen LogP contribution in [0.1, 0.15) is 27.0 Å². The number of benzene rings is 2. The van der Waals surface area contributed by atoms with E-state index in [0.29, 0.717) is 5.02 Å². The van der Waals surface area contributed by atoms with Crippen LogP contribution >= 0.6 is 23.4 Å². The molecule has 0 aliphatic heterocycles. The maximum absolute atomic E-state index is 10.9. The van der Waals surface area contributed by atoms with E-state index in [0.717, 1.165) is 11.3 Å². The molecule has 0 saturated heterocycles. The molecule has 2 rings (SSSR count). The molecule has 1 N–H and O–H groups in total. The zero-order valence-electron chi connectivity index (χ0n) is 11.3. The van der Waals surface area contributed by atoms with Crippen LogP contribution in [0.5, 0.6) is 0 Å². The maximum atomic E-state index is 10.9. The first-order chi connectivity index (χ1) is 9.47. The molecule has 2 aromatic rings. The number of rotatable bonds is 4. The number of thioether (sulfide) groups is 1. The Hall–Kier alpha value is -1.45. The van der Waals surface area contributed by atoms with Crippen LogP contribution in [-0.4, -0.2) is 11.1 Å². The summed E-state index contributed by atoms with van der Waals surface area (Å²) in [7, 11) is 0. The summed E-state index contributed by atoms with van der Waals surface area (Å²) >= 11 is 7.83. The molecule has 0 atom stereocenters. The largest absolute Gasteiger partial charge is 0.478 e. The number of carboxylic acid groups (broad SMARTS) is 1. The van der Waals surface area contributed by atoms with Crippen molar-refractivity contribution in [2.75, 3.05) is 0 Å². The molecule has 0 aromatic heterocycles. The molecule has 0 unspecified atom stereocenters. The molecule has 0 bridgehead atoms. The number of hydrogen-bond donors (Lipinski definition) is 1. The monoisotopic (exact) mass is 306 g/mol. The van der Waals surface area contributed by atoms with Gasteiger partial charge in [-0.1, -0.05) is 35.4 Å². The first-order valence-corrected chi connectivity index (χ1v) is 7.55. The van der Waals surface area contributed by atoms with Crippen LogP contribution in [0.15, 0.2) is 41.3 Å². The molecule has 4 heteroatoms. The topological polar surface area (TPSA) is 37.3 Å². The third kappa shape index (κ3) is 3.56. The van der Waals surface area contributed by atoms with Gasteiger partial charge in [0.05, 0.1) is 5.56 Å². The van der Waals surface area contributed by atoms with Gasteiger partial charge in [-0.05, 0) is 43.2 Å². The lowest BCUT2D eigenvalue weighted by molar-refractivity contribution is 0.0697. The first-order valence-electron chi connectivity index (χ1n) is 6.19. The Bertz CT molecular complexity index is 653. The summed E-state index contributed by atoms with van der Waals surface area (Å²) in [5.74, 6) is -0.233. The lowest BCUT2D eigenvalue weighted by Crippen LogP contribution is -1.96. The number of halogens is 1. The average Bonchev–Trinajstić information content (AvgIpc) is 2.38. The van der Waals surface area contributed by atoms with Gasteiger partial charge < -0.3 is 5.11 Å². The number of carboxylic acids is 1. The van der Waals surface area contributed by atoms with Crippen molar-refractivity contribution in [2.24, 2.45) is 0 Å². The van der Waals surface area contributed by atoms with Crippen LogP contribution in [0.4, 0.5) is 0 Å². The Labute approximate surface area is 127 Å². The highest BCUT2D eigenvalue weighted by molar-refractivity contribution is 7.98. The Morgan fingerprint density at radius 1 is 1.20 bits per heavy atom. The molecule has 20 heavy (non-hydrogen) atoms. The van der Waals surface area contributed by atoms with E-state index in [2.05, 4.69) is 32.0 Å². The zero-order valence-corrected chi connectivity index (χ0v) is 12.9. The smallest absolute Gasteiger partial charge is 0.335 e. The van der Waals surface area contributed by atoms with Crippen molar-refractivity contribution in [3.63, 3.8) is 0 Å². The van der Waals surface area contributed by atoms with Crippen molar-refractivity contribution in [3.05, 3.63) is 63.7 Å². The minimum absolute atomic E-state index is 0.218. The molecule has 0 heterocycles. The highest BCUT2D eigenvalue weighted by Crippen LogP contribution is 2.29. The highest BCUT2D eigenvalue weighted by Gasteiger charge is 2.08. The fraction of sp³-hybridized carbons (Fsp3) is 0.188. The van der Waals surface area contributed by atoms with Gasteiger partial charge in [-0.15, -0.1) is 11.8 Å². The molecule has 2 aromatic carbocycles. The fourth-order valence-electron chi connectivity index (χ4n) is 1.91. The molecule has 0 aliphatic carbocycles. The Kier molecular flexibility index (Phi) is 4.73. The van der Waals surface area contributed by atoms with Gasteiger partial charge in [0.25, 0.3) is 0 Å². The molecule has 2 nitrogen and oxygen atoms in total. The van der Waals surface area contributed by atoms with E-state index in [1.165, 1.54) is 22.1 Å². The van der Waals surface area contributed by atoms with E-state index in [1.807, 2.05) is 0 Å². The average molecular weight is 307 g/mol. The van der Waals surface area contributed by atoms with E-state index in [4.69, 9.17) is 16.7 Å². The van der Waals surface area contributed by atoms with Gasteiger partial charge in [-0.2, -0.15) is 0 Å². The minimum atomic E-state index is -0.958. The SMILES string of the molecule is Cc1ccc(SCc2ccc(C(=O)O)cc2Cl)c(C)c1. The molecule has 0 fully saturated rings. The third-order valence-corrected chi connectivity index (χ3v) is 4.59. The molecule has 0 aliphatic rings. The first kappa shape index (κ1) is 14.9. The second-order valence-corrected chi connectivity index (χ2v) is 6.09. The van der Waals surface area contributed by atoms with Crippen molar-refractivity contribution < 1.29 is 9.90 Å². The van der Waals surface area contributed by atoms with Crippen LogP contribution in [0.2, 0.25) is 5.02 Å². The van der Waals surface area contributed by atoms with Gasteiger partial charge in [-0.25, -0.2) is 4.79 Å². The predicted octanol–water partition coefficient (Wildman–Crippen LogP) is 4.95. The predicted molar refractivity (Wildman–Crippen MR) is 83.9 cm³/mol. The van der Waals surface area contributed by atoms with Gasteiger partial charge in [0.2, 0.25) is 0 Å². The van der Waals surface area contributed by atoms with Gasteiger partial charge in [0.1, 0.15) is 0 Å². The molecule has 0 amide bonds. The standard InChI is InChI=1S/C16H15ClO2S/c1-10-3-6-15(11(2)7-10)20-9-13-5-4-12(16(18)19)8-14(13)17/h3-8H,9H2,1-2H3,(H,18,19). The van der Waals surface area contributed by atoms with E-state index >= 15 is 0 Å². The van der Waals surface area contributed by atoms with Gasteiger partial charge >= 0.3 is 5.97 Å².